The summed E-state index contributed by atoms with van der Waals surface area (Å²) in [6.45, 7) is 0.753. The Morgan fingerprint density at radius 3 is 2.77 bits per heavy atom. The first-order chi connectivity index (χ1) is 10.7. The fourth-order valence-corrected chi connectivity index (χ4v) is 2.49. The highest BCUT2D eigenvalue weighted by molar-refractivity contribution is 7.09. The topological polar surface area (TPSA) is 110 Å². The second kappa shape index (κ2) is 8.20. The van der Waals surface area contributed by atoms with Crippen LogP contribution in [-0.2, 0) is 11.2 Å². The number of anilines is 1. The third kappa shape index (κ3) is 4.90. The second-order valence-electron chi connectivity index (χ2n) is 4.46. The maximum Gasteiger partial charge on any atom is 0.270 e. The van der Waals surface area contributed by atoms with Gasteiger partial charge in [0.15, 0.2) is 0 Å². The maximum absolute atomic E-state index is 11.9. The molecule has 0 unspecified atom stereocenters. The highest BCUT2D eigenvalue weighted by Crippen LogP contribution is 2.09. The van der Waals surface area contributed by atoms with Crippen molar-refractivity contribution < 1.29 is 9.59 Å². The Kier molecular flexibility index (Phi) is 5.99. The van der Waals surface area contributed by atoms with E-state index in [-0.39, 0.29) is 24.8 Å². The van der Waals surface area contributed by atoms with E-state index in [9.17, 15) is 9.59 Å². The molecule has 0 aliphatic heterocycles. The van der Waals surface area contributed by atoms with Crippen molar-refractivity contribution in [1.29, 1.82) is 0 Å². The largest absolute Gasteiger partial charge is 0.350 e. The van der Waals surface area contributed by atoms with E-state index >= 15 is 0 Å². The van der Waals surface area contributed by atoms with Crippen LogP contribution in [0.25, 0.3) is 0 Å². The molecule has 0 aliphatic rings. The molecule has 7 nitrogen and oxygen atoms in total. The Hall–Kier alpha value is -2.32. The van der Waals surface area contributed by atoms with Gasteiger partial charge in [-0.05, 0) is 18.7 Å². The van der Waals surface area contributed by atoms with Gasteiger partial charge < -0.3 is 16.4 Å². The van der Waals surface area contributed by atoms with Crippen LogP contribution in [0.15, 0.2) is 29.9 Å². The lowest BCUT2D eigenvalue weighted by atomic mass is 10.3. The molecule has 0 radical (unpaired) electrons. The van der Waals surface area contributed by atoms with Gasteiger partial charge in [0, 0.05) is 42.8 Å². The first-order valence-electron chi connectivity index (χ1n) is 6.81. The van der Waals surface area contributed by atoms with E-state index in [4.69, 9.17) is 5.73 Å². The molecule has 0 bridgehead atoms. The zero-order valence-electron chi connectivity index (χ0n) is 11.9. The number of pyridine rings is 1. The third-order valence-electron chi connectivity index (χ3n) is 2.74. The van der Waals surface area contributed by atoms with Gasteiger partial charge in [0.05, 0.1) is 5.01 Å². The second-order valence-corrected chi connectivity index (χ2v) is 5.40. The molecule has 0 saturated carbocycles. The van der Waals surface area contributed by atoms with Gasteiger partial charge in [-0.15, -0.1) is 11.3 Å². The average Bonchev–Trinajstić information content (AvgIpc) is 2.97. The number of nitrogens with one attached hydrogen (secondary N) is 2. The standard InChI is InChI=1S/C14H17N5O2S/c15-5-1-13-19-11(9-22-13)14(21)17-8-4-12(20)18-10-2-6-16-7-3-10/h2-3,6-7,9H,1,4-5,8,15H2,(H,17,21)(H,16,18,20). The molecular weight excluding hydrogens is 302 g/mol. The molecule has 0 aromatic carbocycles. The first kappa shape index (κ1) is 16.1. The Labute approximate surface area is 132 Å². The number of rotatable bonds is 7. The van der Waals surface area contributed by atoms with E-state index in [2.05, 4.69) is 20.6 Å². The normalized spacial score (nSPS) is 10.2. The lowest BCUT2D eigenvalue weighted by molar-refractivity contribution is -0.116. The summed E-state index contributed by atoms with van der Waals surface area (Å²) in [5, 5.41) is 7.92. The van der Waals surface area contributed by atoms with Crippen molar-refractivity contribution in [3.05, 3.63) is 40.6 Å². The molecule has 22 heavy (non-hydrogen) atoms. The zero-order valence-corrected chi connectivity index (χ0v) is 12.7. The van der Waals surface area contributed by atoms with Crippen LogP contribution >= 0.6 is 11.3 Å². The number of hydrogen-bond donors (Lipinski definition) is 3. The van der Waals surface area contributed by atoms with Crippen molar-refractivity contribution in [2.24, 2.45) is 5.73 Å². The van der Waals surface area contributed by atoms with Crippen LogP contribution in [0, 0.1) is 0 Å². The SMILES string of the molecule is NCCc1nc(C(=O)NCCC(=O)Nc2ccncc2)cs1. The fraction of sp³-hybridized carbons (Fsp3) is 0.286. The third-order valence-corrected chi connectivity index (χ3v) is 3.65. The lowest BCUT2D eigenvalue weighted by Crippen LogP contribution is -2.28. The molecule has 2 heterocycles. The Balaban J connectivity index is 1.73. The van der Waals surface area contributed by atoms with Crippen molar-refractivity contribution in [1.82, 2.24) is 15.3 Å². The lowest BCUT2D eigenvalue weighted by Gasteiger charge is -2.05. The molecule has 0 fully saturated rings. The van der Waals surface area contributed by atoms with Crippen molar-refractivity contribution >= 4 is 28.8 Å². The number of amides is 2. The van der Waals surface area contributed by atoms with Crippen LogP contribution in [0.4, 0.5) is 5.69 Å². The van der Waals surface area contributed by atoms with Gasteiger partial charge in [0.1, 0.15) is 5.69 Å². The zero-order chi connectivity index (χ0) is 15.8. The minimum atomic E-state index is -0.281. The van der Waals surface area contributed by atoms with E-state index in [0.717, 1.165) is 5.01 Å². The van der Waals surface area contributed by atoms with Gasteiger partial charge >= 0.3 is 0 Å². The van der Waals surface area contributed by atoms with E-state index < -0.39 is 0 Å². The Morgan fingerprint density at radius 1 is 1.27 bits per heavy atom. The van der Waals surface area contributed by atoms with Crippen LogP contribution in [0.1, 0.15) is 21.9 Å². The number of thiazole rings is 1. The van der Waals surface area contributed by atoms with E-state index in [1.165, 1.54) is 11.3 Å². The van der Waals surface area contributed by atoms with Crippen molar-refractivity contribution in [2.45, 2.75) is 12.8 Å². The molecule has 4 N–H and O–H groups in total. The molecule has 8 heteroatoms. The summed E-state index contributed by atoms with van der Waals surface area (Å²) in [4.78, 5) is 31.6. The van der Waals surface area contributed by atoms with Gasteiger partial charge in [-0.1, -0.05) is 0 Å². The fourth-order valence-electron chi connectivity index (χ4n) is 1.69. The summed E-state index contributed by atoms with van der Waals surface area (Å²) in [6.07, 6.45) is 4.04. The molecule has 2 aromatic rings. The Bertz CT molecular complexity index is 629. The number of hydrogen-bond acceptors (Lipinski definition) is 6. The predicted molar refractivity (Wildman–Crippen MR) is 84.7 cm³/mol. The van der Waals surface area contributed by atoms with Crippen molar-refractivity contribution in [3.63, 3.8) is 0 Å². The number of nitrogens with two attached hydrogens (primary N) is 1. The van der Waals surface area contributed by atoms with E-state index in [1.807, 2.05) is 0 Å². The minimum Gasteiger partial charge on any atom is -0.350 e. The van der Waals surface area contributed by atoms with Crippen molar-refractivity contribution in [3.8, 4) is 0 Å². The molecule has 2 aromatic heterocycles. The molecule has 116 valence electrons. The Morgan fingerprint density at radius 2 is 2.05 bits per heavy atom. The molecular formula is C14H17N5O2S. The maximum atomic E-state index is 11.9. The smallest absolute Gasteiger partial charge is 0.270 e. The van der Waals surface area contributed by atoms with Crippen LogP contribution in [0.5, 0.6) is 0 Å². The summed E-state index contributed by atoms with van der Waals surface area (Å²) in [7, 11) is 0. The van der Waals surface area contributed by atoms with Gasteiger partial charge in [-0.3, -0.25) is 14.6 Å². The summed E-state index contributed by atoms with van der Waals surface area (Å²) < 4.78 is 0. The van der Waals surface area contributed by atoms with Gasteiger partial charge in [-0.2, -0.15) is 0 Å². The molecule has 0 saturated heterocycles. The van der Waals surface area contributed by atoms with E-state index in [1.54, 1.807) is 29.9 Å². The quantitative estimate of drug-likeness (QED) is 0.699. The molecule has 0 aliphatic carbocycles. The summed E-state index contributed by atoms with van der Waals surface area (Å²) in [6, 6.07) is 3.40. The summed E-state index contributed by atoms with van der Waals surface area (Å²) >= 11 is 1.41. The first-order valence-corrected chi connectivity index (χ1v) is 7.69. The van der Waals surface area contributed by atoms with Crippen LogP contribution in [0.2, 0.25) is 0 Å². The van der Waals surface area contributed by atoms with Gasteiger partial charge in [-0.25, -0.2) is 4.98 Å². The predicted octanol–water partition coefficient (Wildman–Crippen LogP) is 0.798. The van der Waals surface area contributed by atoms with Gasteiger partial charge in [0.2, 0.25) is 5.91 Å². The van der Waals surface area contributed by atoms with Crippen LogP contribution in [0.3, 0.4) is 0 Å². The molecule has 2 amide bonds. The minimum absolute atomic E-state index is 0.173. The molecule has 0 spiro atoms. The monoisotopic (exact) mass is 319 g/mol. The van der Waals surface area contributed by atoms with E-state index in [0.29, 0.717) is 24.3 Å². The van der Waals surface area contributed by atoms with Crippen LogP contribution < -0.4 is 16.4 Å². The highest BCUT2D eigenvalue weighted by Gasteiger charge is 2.10. The molecule has 0 atom stereocenters. The summed E-state index contributed by atoms with van der Waals surface area (Å²) in [5.74, 6) is -0.454. The number of aromatic nitrogens is 2. The van der Waals surface area contributed by atoms with Crippen molar-refractivity contribution in [2.75, 3.05) is 18.4 Å². The average molecular weight is 319 g/mol. The number of nitrogens with zero attached hydrogens (tertiary/aromatic N) is 2. The van der Waals surface area contributed by atoms with Crippen LogP contribution in [-0.4, -0.2) is 34.9 Å². The summed E-state index contributed by atoms with van der Waals surface area (Å²) in [5.41, 5.74) is 6.48. The number of carbonyl (C=O) groups is 2. The van der Waals surface area contributed by atoms with Gasteiger partial charge in [0.25, 0.3) is 5.91 Å². The number of carbonyl (C=O) groups excluding carboxylic acids is 2. The highest BCUT2D eigenvalue weighted by atomic mass is 32.1. The molecule has 2 rings (SSSR count).